The van der Waals surface area contributed by atoms with Crippen molar-refractivity contribution in [3.63, 3.8) is 0 Å². The Kier molecular flexibility index (Phi) is 9.12. The topological polar surface area (TPSA) is 167 Å². The van der Waals surface area contributed by atoms with E-state index in [0.717, 1.165) is 27.8 Å². The Bertz CT molecular complexity index is 2140. The molecule has 12 heteroatoms. The van der Waals surface area contributed by atoms with Crippen LogP contribution in [0.15, 0.2) is 101 Å². The molecule has 5 aromatic rings. The summed E-state index contributed by atoms with van der Waals surface area (Å²) in [6.07, 6.45) is -0.165. The lowest BCUT2D eigenvalue weighted by atomic mass is 9.99. The number of carbonyl (C=O) groups excluding carboxylic acids is 4. The van der Waals surface area contributed by atoms with Crippen LogP contribution >= 0.6 is 23.1 Å². The van der Waals surface area contributed by atoms with Gasteiger partial charge in [0, 0.05) is 17.5 Å². The Morgan fingerprint density at radius 3 is 2.21 bits per heavy atom. The normalized spacial score (nSPS) is 14.0. The second kappa shape index (κ2) is 13.7. The summed E-state index contributed by atoms with van der Waals surface area (Å²) < 4.78 is 5.23. The van der Waals surface area contributed by atoms with E-state index in [1.807, 2.05) is 48.5 Å². The number of amides is 2. The summed E-state index contributed by atoms with van der Waals surface area (Å²) in [5, 5.41) is 22.5. The van der Waals surface area contributed by atoms with Gasteiger partial charge in [-0.2, -0.15) is 21.9 Å². The average Bonchev–Trinajstić information content (AvgIpc) is 3.75. The van der Waals surface area contributed by atoms with Crippen LogP contribution in [0.3, 0.4) is 0 Å². The van der Waals surface area contributed by atoms with Gasteiger partial charge in [0.1, 0.15) is 28.5 Å². The van der Waals surface area contributed by atoms with E-state index in [2.05, 4.69) is 11.1 Å². The van der Waals surface area contributed by atoms with Crippen LogP contribution in [0, 0.1) is 22.7 Å². The van der Waals surface area contributed by atoms with Gasteiger partial charge in [-0.3, -0.25) is 14.4 Å². The number of thiophene rings is 1. The van der Waals surface area contributed by atoms with Crippen molar-refractivity contribution in [3.8, 4) is 34.4 Å². The predicted octanol–water partition coefficient (Wildman–Crippen LogP) is 6.27. The fourth-order valence-corrected chi connectivity index (χ4v) is 6.97. The van der Waals surface area contributed by atoms with Crippen LogP contribution < -0.4 is 10.6 Å². The van der Waals surface area contributed by atoms with Crippen LogP contribution in [0.4, 0.5) is 11.5 Å². The van der Waals surface area contributed by atoms with E-state index >= 15 is 0 Å². The van der Waals surface area contributed by atoms with Crippen molar-refractivity contribution in [3.05, 3.63) is 118 Å². The number of hydrogen-bond acceptors (Lipinski definition) is 11. The smallest absolute Gasteiger partial charge is 0.338 e. The number of nitriles is 2. The third kappa shape index (κ3) is 6.31. The molecule has 10 nitrogen and oxygen atoms in total. The Morgan fingerprint density at radius 1 is 0.896 bits per heavy atom. The van der Waals surface area contributed by atoms with Gasteiger partial charge in [-0.1, -0.05) is 66.4 Å². The van der Waals surface area contributed by atoms with Crippen molar-refractivity contribution in [2.24, 2.45) is 0 Å². The molecule has 48 heavy (non-hydrogen) atoms. The largest absolute Gasteiger partial charge is 0.454 e. The molecular weight excluding hydrogens is 647 g/mol. The van der Waals surface area contributed by atoms with Crippen LogP contribution in [-0.2, 0) is 14.3 Å². The molecule has 0 saturated carbocycles. The van der Waals surface area contributed by atoms with Crippen LogP contribution in [0.5, 0.6) is 0 Å². The van der Waals surface area contributed by atoms with Gasteiger partial charge < -0.3 is 10.5 Å². The van der Waals surface area contributed by atoms with E-state index in [0.29, 0.717) is 16.7 Å². The second-order valence-electron chi connectivity index (χ2n) is 10.5. The van der Waals surface area contributed by atoms with E-state index in [4.69, 9.17) is 10.5 Å². The Hall–Kier alpha value is -6.08. The lowest BCUT2D eigenvalue weighted by molar-refractivity contribution is -0.121. The molecule has 234 valence electrons. The first kappa shape index (κ1) is 31.9. The molecule has 2 aromatic heterocycles. The summed E-state index contributed by atoms with van der Waals surface area (Å²) in [7, 11) is 0. The zero-order valence-corrected chi connectivity index (χ0v) is 26.6. The highest BCUT2D eigenvalue weighted by atomic mass is 32.2. The standard InChI is InChI=1S/C36H23N5O5S2/c37-17-27-32(25-14-15-47-20-25)28(18-38)34(40-33(27)39)48-30-16-31(43)41(35(30)44)26-12-10-24(11-13-26)36(45)46-19-29(42)23-8-6-22(7-9-23)21-4-2-1-3-5-21/h1-15,20,30H,16,19H2,(H2,39,40). The number of esters is 1. The molecular formula is C36H23N5O5S2. The minimum atomic E-state index is -0.905. The van der Waals surface area contributed by atoms with Gasteiger partial charge in [0.2, 0.25) is 11.8 Å². The number of hydrogen-bond donors (Lipinski definition) is 1. The molecule has 0 bridgehead atoms. The number of nitrogens with zero attached hydrogens (tertiary/aromatic N) is 4. The van der Waals surface area contributed by atoms with Crippen LogP contribution in [0.1, 0.15) is 38.3 Å². The van der Waals surface area contributed by atoms with Gasteiger partial charge in [-0.25, -0.2) is 14.7 Å². The molecule has 6 rings (SSSR count). The van der Waals surface area contributed by atoms with Crippen LogP contribution in [0.2, 0.25) is 0 Å². The van der Waals surface area contributed by atoms with E-state index < -0.39 is 29.6 Å². The number of benzene rings is 3. The molecule has 0 aliphatic carbocycles. The molecule has 1 aliphatic rings. The highest BCUT2D eigenvalue weighted by Crippen LogP contribution is 2.40. The molecule has 3 aromatic carbocycles. The van der Waals surface area contributed by atoms with Crippen molar-refractivity contribution in [2.45, 2.75) is 16.7 Å². The maximum atomic E-state index is 13.4. The number of Topliss-reactive ketones (excluding diaryl/α,β-unsaturated/α-hetero) is 1. The third-order valence-electron chi connectivity index (χ3n) is 7.59. The molecule has 1 saturated heterocycles. The van der Waals surface area contributed by atoms with Crippen molar-refractivity contribution in [2.75, 3.05) is 17.2 Å². The first-order valence-electron chi connectivity index (χ1n) is 14.4. The molecule has 3 heterocycles. The van der Waals surface area contributed by atoms with E-state index in [1.165, 1.54) is 35.6 Å². The molecule has 0 spiro atoms. The minimum absolute atomic E-state index is 0.0604. The summed E-state index contributed by atoms with van der Waals surface area (Å²) in [5.74, 6) is -2.20. The van der Waals surface area contributed by atoms with Crippen molar-refractivity contribution in [1.29, 1.82) is 10.5 Å². The molecule has 0 radical (unpaired) electrons. The molecule has 1 atom stereocenters. The SMILES string of the molecule is N#Cc1c(N)nc(SC2CC(=O)N(c3ccc(C(=O)OCC(=O)c4ccc(-c5ccccc5)cc4)cc3)C2=O)c(C#N)c1-c1ccsc1. The number of nitrogen functional groups attached to an aromatic ring is 1. The van der Waals surface area contributed by atoms with Crippen molar-refractivity contribution in [1.82, 2.24) is 4.98 Å². The number of anilines is 2. The monoisotopic (exact) mass is 669 g/mol. The fourth-order valence-electron chi connectivity index (χ4n) is 5.20. The number of nitrogens with two attached hydrogens (primary N) is 1. The first-order valence-corrected chi connectivity index (χ1v) is 16.3. The fraction of sp³-hybridized carbons (Fsp3) is 0.0833. The Labute approximate surface area is 283 Å². The van der Waals surface area contributed by atoms with Gasteiger partial charge in [0.05, 0.1) is 22.1 Å². The summed E-state index contributed by atoms with van der Waals surface area (Å²) in [6.45, 7) is -0.458. The van der Waals surface area contributed by atoms with Crippen molar-refractivity contribution < 1.29 is 23.9 Å². The zero-order valence-electron chi connectivity index (χ0n) is 25.0. The number of ether oxygens (including phenoxy) is 1. The Morgan fingerprint density at radius 2 is 1.56 bits per heavy atom. The van der Waals surface area contributed by atoms with E-state index in [1.54, 1.807) is 29.0 Å². The van der Waals surface area contributed by atoms with Gasteiger partial charge in [0.25, 0.3) is 0 Å². The summed E-state index contributed by atoms with van der Waals surface area (Å²) in [4.78, 5) is 57.0. The quantitative estimate of drug-likeness (QED) is 0.107. The summed E-state index contributed by atoms with van der Waals surface area (Å²) in [6, 6.07) is 28.3. The molecule has 2 N–H and O–H groups in total. The highest BCUT2D eigenvalue weighted by Gasteiger charge is 2.41. The van der Waals surface area contributed by atoms with Crippen LogP contribution in [-0.4, -0.2) is 40.4 Å². The van der Waals surface area contributed by atoms with Gasteiger partial charge >= 0.3 is 5.97 Å². The number of rotatable bonds is 9. The number of carbonyl (C=O) groups is 4. The van der Waals surface area contributed by atoms with E-state index in [9.17, 15) is 29.7 Å². The van der Waals surface area contributed by atoms with E-state index in [-0.39, 0.29) is 45.4 Å². The average molecular weight is 670 g/mol. The predicted molar refractivity (Wildman–Crippen MR) is 181 cm³/mol. The number of thioether (sulfide) groups is 1. The number of imide groups is 1. The van der Waals surface area contributed by atoms with Crippen LogP contribution in [0.25, 0.3) is 22.3 Å². The lowest BCUT2D eigenvalue weighted by Gasteiger charge is -2.16. The first-order chi connectivity index (χ1) is 23.3. The Balaban J connectivity index is 1.11. The molecule has 1 unspecified atom stereocenters. The van der Waals surface area contributed by atoms with Gasteiger partial charge in [-0.05, 0) is 57.8 Å². The maximum Gasteiger partial charge on any atom is 0.338 e. The lowest BCUT2D eigenvalue weighted by Crippen LogP contribution is -2.31. The van der Waals surface area contributed by atoms with Crippen molar-refractivity contribution >= 4 is 58.2 Å². The summed E-state index contributed by atoms with van der Waals surface area (Å²) >= 11 is 2.32. The molecule has 1 fully saturated rings. The van der Waals surface area contributed by atoms with Gasteiger partial charge in [0.15, 0.2) is 12.4 Å². The molecule has 1 aliphatic heterocycles. The van der Waals surface area contributed by atoms with Gasteiger partial charge in [-0.15, -0.1) is 0 Å². The minimum Gasteiger partial charge on any atom is -0.454 e. The second-order valence-corrected chi connectivity index (χ2v) is 12.5. The maximum absolute atomic E-state index is 13.4. The third-order valence-corrected chi connectivity index (χ3v) is 9.45. The number of aromatic nitrogens is 1. The number of ketones is 1. The highest BCUT2D eigenvalue weighted by molar-refractivity contribution is 8.00. The number of pyridine rings is 1. The summed E-state index contributed by atoms with van der Waals surface area (Å²) in [5.41, 5.74) is 9.93. The zero-order chi connectivity index (χ0) is 33.8. The molecule has 2 amide bonds.